The van der Waals surface area contributed by atoms with Crippen molar-refractivity contribution in [2.75, 3.05) is 23.8 Å². The molecule has 0 saturated carbocycles. The average molecular weight is 206 g/mol. The monoisotopic (exact) mass is 206 g/mol. The molecule has 4 heteroatoms. The summed E-state index contributed by atoms with van der Waals surface area (Å²) in [6.45, 7) is 5.01. The van der Waals surface area contributed by atoms with E-state index in [-0.39, 0.29) is 6.09 Å². The number of aryl methyl sites for hydroxylation is 2. The van der Waals surface area contributed by atoms with Crippen molar-refractivity contribution >= 4 is 17.5 Å². The van der Waals surface area contributed by atoms with Gasteiger partial charge in [-0.2, -0.15) is 0 Å². The zero-order valence-electron chi connectivity index (χ0n) is 8.91. The van der Waals surface area contributed by atoms with Gasteiger partial charge in [0, 0.05) is 0 Å². The lowest BCUT2D eigenvalue weighted by atomic mass is 10.1. The maximum atomic E-state index is 11.4. The molecular weight excluding hydrogens is 192 g/mol. The van der Waals surface area contributed by atoms with Crippen molar-refractivity contribution in [1.82, 2.24) is 0 Å². The molecule has 1 fully saturated rings. The van der Waals surface area contributed by atoms with Crippen molar-refractivity contribution in [2.24, 2.45) is 0 Å². The topological polar surface area (TPSA) is 55.6 Å². The first-order valence-electron chi connectivity index (χ1n) is 4.90. The minimum absolute atomic E-state index is 0.315. The number of amides is 1. The molecule has 1 aromatic rings. The van der Waals surface area contributed by atoms with Gasteiger partial charge in [-0.15, -0.1) is 0 Å². The molecule has 1 amide bonds. The number of nitrogens with zero attached hydrogens (tertiary/aromatic N) is 1. The third kappa shape index (κ3) is 1.63. The Hall–Kier alpha value is -1.71. The van der Waals surface area contributed by atoms with Crippen LogP contribution in [0.5, 0.6) is 0 Å². The van der Waals surface area contributed by atoms with Crippen LogP contribution in [0.3, 0.4) is 0 Å². The van der Waals surface area contributed by atoms with Gasteiger partial charge in [0.05, 0.1) is 17.9 Å². The number of hydrogen-bond acceptors (Lipinski definition) is 3. The third-order valence-electron chi connectivity index (χ3n) is 2.69. The quantitative estimate of drug-likeness (QED) is 0.713. The lowest BCUT2D eigenvalue weighted by Crippen LogP contribution is -2.24. The second kappa shape index (κ2) is 3.46. The van der Waals surface area contributed by atoms with E-state index < -0.39 is 0 Å². The summed E-state index contributed by atoms with van der Waals surface area (Å²) in [4.78, 5) is 12.9. The van der Waals surface area contributed by atoms with Crippen LogP contribution in [0.1, 0.15) is 11.1 Å². The standard InChI is InChI=1S/C11H14N2O2/c1-7-5-9(12)10(6-8(7)2)13-3-4-15-11(13)14/h5-6H,3-4,12H2,1-2H3. The molecule has 4 nitrogen and oxygen atoms in total. The van der Waals surface area contributed by atoms with Crippen LogP contribution in [0.25, 0.3) is 0 Å². The number of anilines is 2. The first kappa shape index (κ1) is 9.83. The maximum absolute atomic E-state index is 11.4. The summed E-state index contributed by atoms with van der Waals surface area (Å²) in [5.74, 6) is 0. The summed E-state index contributed by atoms with van der Waals surface area (Å²) in [6.07, 6.45) is -0.315. The van der Waals surface area contributed by atoms with Gasteiger partial charge in [-0.25, -0.2) is 4.79 Å². The number of hydrogen-bond donors (Lipinski definition) is 1. The fourth-order valence-corrected chi connectivity index (χ4v) is 1.67. The fourth-order valence-electron chi connectivity index (χ4n) is 1.67. The van der Waals surface area contributed by atoms with Gasteiger partial charge in [-0.05, 0) is 37.1 Å². The molecule has 0 spiro atoms. The van der Waals surface area contributed by atoms with Gasteiger partial charge >= 0.3 is 6.09 Å². The van der Waals surface area contributed by atoms with Crippen LogP contribution < -0.4 is 10.6 Å². The number of carbonyl (C=O) groups excluding carboxylic acids is 1. The third-order valence-corrected chi connectivity index (χ3v) is 2.69. The Morgan fingerprint density at radius 2 is 2.00 bits per heavy atom. The van der Waals surface area contributed by atoms with Gasteiger partial charge in [0.2, 0.25) is 0 Å². The van der Waals surface area contributed by atoms with Crippen LogP contribution >= 0.6 is 0 Å². The van der Waals surface area contributed by atoms with E-state index in [9.17, 15) is 4.79 Å². The predicted octanol–water partition coefficient (Wildman–Crippen LogP) is 1.84. The van der Waals surface area contributed by atoms with Crippen LogP contribution in [0.4, 0.5) is 16.2 Å². The summed E-state index contributed by atoms with van der Waals surface area (Å²) in [6, 6.07) is 3.81. The zero-order chi connectivity index (χ0) is 11.0. The molecule has 1 aromatic carbocycles. The molecule has 0 aromatic heterocycles. The Morgan fingerprint density at radius 3 is 2.60 bits per heavy atom. The maximum Gasteiger partial charge on any atom is 0.414 e. The summed E-state index contributed by atoms with van der Waals surface area (Å²) in [7, 11) is 0. The molecule has 2 N–H and O–H groups in total. The Kier molecular flexibility index (Phi) is 2.26. The molecule has 1 aliphatic heterocycles. The number of nitrogen functional groups attached to an aromatic ring is 1. The molecule has 80 valence electrons. The number of ether oxygens (including phenoxy) is 1. The van der Waals surface area contributed by atoms with Gasteiger partial charge in [0.25, 0.3) is 0 Å². The molecule has 0 unspecified atom stereocenters. The van der Waals surface area contributed by atoms with Crippen molar-refractivity contribution in [1.29, 1.82) is 0 Å². The van der Waals surface area contributed by atoms with Gasteiger partial charge < -0.3 is 10.5 Å². The highest BCUT2D eigenvalue weighted by atomic mass is 16.6. The SMILES string of the molecule is Cc1cc(N)c(N2CCOC2=O)cc1C. The van der Waals surface area contributed by atoms with E-state index in [2.05, 4.69) is 0 Å². The van der Waals surface area contributed by atoms with E-state index in [4.69, 9.17) is 10.5 Å². The zero-order valence-corrected chi connectivity index (χ0v) is 8.91. The fraction of sp³-hybridized carbons (Fsp3) is 0.364. The lowest BCUT2D eigenvalue weighted by Gasteiger charge is -2.16. The van der Waals surface area contributed by atoms with Crippen LogP contribution in [0.2, 0.25) is 0 Å². The van der Waals surface area contributed by atoms with E-state index in [0.717, 1.165) is 16.8 Å². The number of benzene rings is 1. The molecule has 0 bridgehead atoms. The molecule has 1 aliphatic rings. The highest BCUT2D eigenvalue weighted by Gasteiger charge is 2.25. The Balaban J connectivity index is 2.43. The van der Waals surface area contributed by atoms with Gasteiger partial charge in [0.1, 0.15) is 6.61 Å². The van der Waals surface area contributed by atoms with Crippen molar-refractivity contribution < 1.29 is 9.53 Å². The molecule has 15 heavy (non-hydrogen) atoms. The van der Waals surface area contributed by atoms with Crippen molar-refractivity contribution in [3.8, 4) is 0 Å². The van der Waals surface area contributed by atoms with Gasteiger partial charge in [0.15, 0.2) is 0 Å². The summed E-state index contributed by atoms with van der Waals surface area (Å²) in [5.41, 5.74) is 9.51. The summed E-state index contributed by atoms with van der Waals surface area (Å²) >= 11 is 0. The van der Waals surface area contributed by atoms with Crippen LogP contribution in [-0.4, -0.2) is 19.2 Å². The number of carbonyl (C=O) groups is 1. The molecule has 0 aliphatic carbocycles. The smallest absolute Gasteiger partial charge is 0.414 e. The Labute approximate surface area is 88.6 Å². The highest BCUT2D eigenvalue weighted by Crippen LogP contribution is 2.28. The second-order valence-corrected chi connectivity index (χ2v) is 3.76. The molecule has 1 saturated heterocycles. The van der Waals surface area contributed by atoms with Crippen LogP contribution in [0, 0.1) is 13.8 Å². The van der Waals surface area contributed by atoms with Crippen molar-refractivity contribution in [3.05, 3.63) is 23.3 Å². The number of rotatable bonds is 1. The van der Waals surface area contributed by atoms with E-state index in [1.165, 1.54) is 0 Å². The normalized spacial score (nSPS) is 15.6. The van der Waals surface area contributed by atoms with Crippen LogP contribution in [0.15, 0.2) is 12.1 Å². The van der Waals surface area contributed by atoms with E-state index in [1.807, 2.05) is 26.0 Å². The number of nitrogens with two attached hydrogens (primary N) is 1. The van der Waals surface area contributed by atoms with E-state index in [1.54, 1.807) is 4.90 Å². The molecule has 2 rings (SSSR count). The second-order valence-electron chi connectivity index (χ2n) is 3.76. The molecular formula is C11H14N2O2. The molecule has 0 atom stereocenters. The largest absolute Gasteiger partial charge is 0.447 e. The average Bonchev–Trinajstić information content (AvgIpc) is 2.58. The minimum atomic E-state index is -0.315. The lowest BCUT2D eigenvalue weighted by molar-refractivity contribution is 0.181. The van der Waals surface area contributed by atoms with E-state index in [0.29, 0.717) is 18.8 Å². The van der Waals surface area contributed by atoms with Gasteiger partial charge in [-0.1, -0.05) is 0 Å². The predicted molar refractivity (Wildman–Crippen MR) is 59.0 cm³/mol. The van der Waals surface area contributed by atoms with Gasteiger partial charge in [-0.3, -0.25) is 4.90 Å². The summed E-state index contributed by atoms with van der Waals surface area (Å²) < 4.78 is 4.88. The minimum Gasteiger partial charge on any atom is -0.447 e. The summed E-state index contributed by atoms with van der Waals surface area (Å²) in [5, 5.41) is 0. The van der Waals surface area contributed by atoms with E-state index >= 15 is 0 Å². The van der Waals surface area contributed by atoms with Crippen molar-refractivity contribution in [3.63, 3.8) is 0 Å². The molecule has 1 heterocycles. The van der Waals surface area contributed by atoms with Crippen LogP contribution in [-0.2, 0) is 4.74 Å². The Morgan fingerprint density at radius 1 is 1.33 bits per heavy atom. The molecule has 0 radical (unpaired) electrons. The van der Waals surface area contributed by atoms with Crippen molar-refractivity contribution in [2.45, 2.75) is 13.8 Å². The highest BCUT2D eigenvalue weighted by molar-refractivity contribution is 5.93. The Bertz CT molecular complexity index is 415. The number of cyclic esters (lactones) is 1. The first-order chi connectivity index (χ1) is 7.09. The first-order valence-corrected chi connectivity index (χ1v) is 4.90.